The number of nitrogens with zero attached hydrogens (tertiary/aromatic N) is 1. The van der Waals surface area contributed by atoms with E-state index in [1.165, 1.54) is 25.3 Å². The van der Waals surface area contributed by atoms with Crippen LogP contribution in [0.25, 0.3) is 6.08 Å². The molecule has 1 aliphatic heterocycles. The summed E-state index contributed by atoms with van der Waals surface area (Å²) >= 11 is 0. The van der Waals surface area contributed by atoms with Gasteiger partial charge in [-0.15, -0.1) is 0 Å². The van der Waals surface area contributed by atoms with Gasteiger partial charge in [0.15, 0.2) is 5.70 Å². The monoisotopic (exact) mass is 347 g/mol. The Morgan fingerprint density at radius 2 is 1.76 bits per heavy atom. The number of carbonyl (C=O) groups excluding carboxylic acids is 1. The van der Waals surface area contributed by atoms with Gasteiger partial charge in [-0.25, -0.2) is 9.79 Å². The molecule has 0 aliphatic carbocycles. The summed E-state index contributed by atoms with van der Waals surface area (Å²) in [4.78, 5) is 16.0. The standard InChI is InChI=1S/C18H12F3NO3/c1-24-15-9-5-3-7-12(15)16-22-14(17(23)25-16)10-11-6-2-4-8-13(11)18(19,20)21/h2-10H,1H3. The van der Waals surface area contributed by atoms with E-state index in [1.807, 2.05) is 0 Å². The predicted molar refractivity (Wildman–Crippen MR) is 85.0 cm³/mol. The fraction of sp³-hybridized carbons (Fsp3) is 0.111. The second-order valence-corrected chi connectivity index (χ2v) is 5.12. The molecule has 4 nitrogen and oxygen atoms in total. The van der Waals surface area contributed by atoms with Crippen molar-refractivity contribution >= 4 is 17.9 Å². The molecular weight excluding hydrogens is 335 g/mol. The van der Waals surface area contributed by atoms with Crippen LogP contribution in [-0.2, 0) is 15.7 Å². The van der Waals surface area contributed by atoms with Crippen molar-refractivity contribution in [1.82, 2.24) is 0 Å². The first-order chi connectivity index (χ1) is 11.9. The molecule has 1 heterocycles. The average molecular weight is 347 g/mol. The minimum atomic E-state index is -4.54. The lowest BCUT2D eigenvalue weighted by Crippen LogP contribution is -2.08. The second kappa shape index (κ2) is 6.43. The smallest absolute Gasteiger partial charge is 0.416 e. The summed E-state index contributed by atoms with van der Waals surface area (Å²) in [7, 11) is 1.45. The highest BCUT2D eigenvalue weighted by atomic mass is 19.4. The lowest BCUT2D eigenvalue weighted by Gasteiger charge is -2.09. The van der Waals surface area contributed by atoms with Crippen molar-refractivity contribution in [2.75, 3.05) is 7.11 Å². The first kappa shape index (κ1) is 16.8. The van der Waals surface area contributed by atoms with E-state index in [4.69, 9.17) is 9.47 Å². The molecule has 2 aromatic carbocycles. The largest absolute Gasteiger partial charge is 0.496 e. The van der Waals surface area contributed by atoms with E-state index in [-0.39, 0.29) is 17.2 Å². The topological polar surface area (TPSA) is 47.9 Å². The van der Waals surface area contributed by atoms with Crippen LogP contribution in [0.5, 0.6) is 5.75 Å². The van der Waals surface area contributed by atoms with Gasteiger partial charge in [0.25, 0.3) is 0 Å². The van der Waals surface area contributed by atoms with E-state index in [1.54, 1.807) is 24.3 Å². The molecule has 0 amide bonds. The third-order valence-corrected chi connectivity index (χ3v) is 3.52. The molecule has 128 valence electrons. The summed E-state index contributed by atoms with van der Waals surface area (Å²) in [6.45, 7) is 0. The van der Waals surface area contributed by atoms with Gasteiger partial charge < -0.3 is 9.47 Å². The number of methoxy groups -OCH3 is 1. The number of alkyl halides is 3. The van der Waals surface area contributed by atoms with Crippen molar-refractivity contribution in [2.24, 2.45) is 4.99 Å². The zero-order valence-corrected chi connectivity index (χ0v) is 13.0. The predicted octanol–water partition coefficient (Wildman–Crippen LogP) is 4.06. The minimum Gasteiger partial charge on any atom is -0.496 e. The van der Waals surface area contributed by atoms with Crippen LogP contribution in [0.15, 0.2) is 59.2 Å². The van der Waals surface area contributed by atoms with E-state index in [2.05, 4.69) is 4.99 Å². The van der Waals surface area contributed by atoms with Crippen LogP contribution in [0.3, 0.4) is 0 Å². The van der Waals surface area contributed by atoms with Crippen LogP contribution in [-0.4, -0.2) is 19.0 Å². The Kier molecular flexibility index (Phi) is 4.31. The molecule has 0 saturated heterocycles. The van der Waals surface area contributed by atoms with Crippen molar-refractivity contribution in [3.05, 3.63) is 70.9 Å². The molecule has 0 saturated carbocycles. The Labute approximate surface area is 141 Å². The average Bonchev–Trinajstić information content (AvgIpc) is 2.95. The van der Waals surface area contributed by atoms with Crippen molar-refractivity contribution < 1.29 is 27.4 Å². The summed E-state index contributed by atoms with van der Waals surface area (Å²) in [5, 5.41) is 0. The highest BCUT2D eigenvalue weighted by molar-refractivity contribution is 6.13. The Morgan fingerprint density at radius 1 is 1.08 bits per heavy atom. The number of benzene rings is 2. The van der Waals surface area contributed by atoms with Crippen molar-refractivity contribution in [1.29, 1.82) is 0 Å². The summed E-state index contributed by atoms with van der Waals surface area (Å²) in [5.74, 6) is -0.401. The Hall–Kier alpha value is -3.09. The zero-order chi connectivity index (χ0) is 18.0. The Bertz CT molecular complexity index is 885. The van der Waals surface area contributed by atoms with E-state index < -0.39 is 17.7 Å². The second-order valence-electron chi connectivity index (χ2n) is 5.12. The van der Waals surface area contributed by atoms with Gasteiger partial charge in [-0.2, -0.15) is 13.2 Å². The van der Waals surface area contributed by atoms with Gasteiger partial charge in [0.2, 0.25) is 5.90 Å². The highest BCUT2D eigenvalue weighted by Gasteiger charge is 2.33. The van der Waals surface area contributed by atoms with Crippen molar-refractivity contribution in [2.45, 2.75) is 6.18 Å². The number of hydrogen-bond acceptors (Lipinski definition) is 4. The lowest BCUT2D eigenvalue weighted by molar-refractivity contribution is -0.137. The fourth-order valence-corrected chi connectivity index (χ4v) is 2.37. The molecule has 0 spiro atoms. The van der Waals surface area contributed by atoms with Crippen molar-refractivity contribution in [3.8, 4) is 5.75 Å². The quantitative estimate of drug-likeness (QED) is 0.621. The molecule has 0 atom stereocenters. The highest BCUT2D eigenvalue weighted by Crippen LogP contribution is 2.33. The number of cyclic esters (lactones) is 1. The van der Waals surface area contributed by atoms with Gasteiger partial charge >= 0.3 is 12.1 Å². The lowest BCUT2D eigenvalue weighted by atomic mass is 10.1. The molecule has 25 heavy (non-hydrogen) atoms. The van der Waals surface area contributed by atoms with Gasteiger partial charge in [-0.1, -0.05) is 30.3 Å². The number of carbonyl (C=O) groups is 1. The summed E-state index contributed by atoms with van der Waals surface area (Å²) in [6.07, 6.45) is -3.47. The molecule has 0 bridgehead atoms. The Morgan fingerprint density at radius 3 is 2.48 bits per heavy atom. The zero-order valence-electron chi connectivity index (χ0n) is 13.0. The van der Waals surface area contributed by atoms with Gasteiger partial charge in [-0.3, -0.25) is 0 Å². The summed E-state index contributed by atoms with van der Waals surface area (Å²) < 4.78 is 49.4. The normalized spacial score (nSPS) is 15.9. The molecule has 0 N–H and O–H groups in total. The number of ether oxygens (including phenoxy) is 2. The van der Waals surface area contributed by atoms with Gasteiger partial charge in [0.1, 0.15) is 5.75 Å². The summed E-state index contributed by atoms with van der Waals surface area (Å²) in [5.41, 5.74) is -0.785. The van der Waals surface area contributed by atoms with Gasteiger partial charge in [-0.05, 0) is 29.8 Å². The molecule has 1 aliphatic rings. The van der Waals surface area contributed by atoms with Gasteiger partial charge in [0.05, 0.1) is 18.2 Å². The van der Waals surface area contributed by atoms with E-state index in [0.717, 1.165) is 12.1 Å². The maximum absolute atomic E-state index is 13.1. The van der Waals surface area contributed by atoms with Crippen LogP contribution in [0.1, 0.15) is 16.7 Å². The van der Waals surface area contributed by atoms with E-state index in [9.17, 15) is 18.0 Å². The molecule has 2 aromatic rings. The number of rotatable bonds is 3. The first-order valence-electron chi connectivity index (χ1n) is 7.22. The first-order valence-corrected chi connectivity index (χ1v) is 7.22. The molecule has 0 unspecified atom stereocenters. The maximum atomic E-state index is 13.1. The molecule has 3 rings (SSSR count). The number of para-hydroxylation sites is 1. The SMILES string of the molecule is COc1ccccc1C1=NC(=Cc2ccccc2C(F)(F)F)C(=O)O1. The minimum absolute atomic E-state index is 0.0156. The van der Waals surface area contributed by atoms with Crippen LogP contribution in [0.4, 0.5) is 13.2 Å². The molecule has 0 fully saturated rings. The fourth-order valence-electron chi connectivity index (χ4n) is 2.37. The number of halogens is 3. The number of hydrogen-bond donors (Lipinski definition) is 0. The number of esters is 1. The third-order valence-electron chi connectivity index (χ3n) is 3.52. The molecule has 0 radical (unpaired) electrons. The van der Waals surface area contributed by atoms with Crippen LogP contribution < -0.4 is 4.74 Å². The molecular formula is C18H12F3NO3. The van der Waals surface area contributed by atoms with Crippen LogP contribution in [0.2, 0.25) is 0 Å². The Balaban J connectivity index is 2.03. The summed E-state index contributed by atoms with van der Waals surface area (Å²) in [6, 6.07) is 11.7. The number of aliphatic imine (C=N–C) groups is 1. The van der Waals surface area contributed by atoms with E-state index >= 15 is 0 Å². The molecule has 7 heteroatoms. The van der Waals surface area contributed by atoms with Gasteiger partial charge in [0, 0.05) is 0 Å². The van der Waals surface area contributed by atoms with Crippen LogP contribution in [0, 0.1) is 0 Å². The van der Waals surface area contributed by atoms with Crippen molar-refractivity contribution in [3.63, 3.8) is 0 Å². The van der Waals surface area contributed by atoms with E-state index in [0.29, 0.717) is 11.3 Å². The van der Waals surface area contributed by atoms with Crippen LogP contribution >= 0.6 is 0 Å². The third kappa shape index (κ3) is 3.40. The molecule has 0 aromatic heterocycles. The maximum Gasteiger partial charge on any atom is 0.416 e.